The number of thiocarbonyl (C=S) groups is 1. The molecule has 0 unspecified atom stereocenters. The Labute approximate surface area is 187 Å². The molecule has 0 saturated heterocycles. The molecule has 31 heavy (non-hydrogen) atoms. The first-order chi connectivity index (χ1) is 15.0. The number of aliphatic hydroxyl groups is 1. The molecule has 5 nitrogen and oxygen atoms in total. The number of aliphatic hydroxyl groups excluding tert-OH is 1. The van der Waals surface area contributed by atoms with Gasteiger partial charge in [-0.25, -0.2) is 0 Å². The lowest BCUT2D eigenvalue weighted by molar-refractivity contribution is -0.125. The molecule has 0 atom stereocenters. The Kier molecular flexibility index (Phi) is 6.20. The molecule has 1 heterocycles. The van der Waals surface area contributed by atoms with Gasteiger partial charge in [-0.1, -0.05) is 55.3 Å². The van der Waals surface area contributed by atoms with Crippen LogP contribution in [0, 0.1) is 6.92 Å². The molecule has 1 saturated carbocycles. The fourth-order valence-corrected chi connectivity index (χ4v) is 4.49. The lowest BCUT2D eigenvalue weighted by Gasteiger charge is -2.28. The molecular weight excluding hydrogens is 408 g/mol. The smallest absolute Gasteiger partial charge is 0.236 e. The molecule has 0 spiro atoms. The van der Waals surface area contributed by atoms with Crippen molar-refractivity contribution < 1.29 is 14.3 Å². The summed E-state index contributed by atoms with van der Waals surface area (Å²) in [5.41, 5.74) is 3.17. The Hall–Kier alpha value is -2.96. The van der Waals surface area contributed by atoms with Gasteiger partial charge in [0.1, 0.15) is 18.1 Å². The van der Waals surface area contributed by atoms with Crippen LogP contribution in [0.2, 0.25) is 0 Å². The number of carbonyl (C=O) groups is 1. The molecule has 1 fully saturated rings. The molecule has 3 aromatic rings. The number of amides is 1. The summed E-state index contributed by atoms with van der Waals surface area (Å²) >= 11 is 5.49. The molecule has 1 aliphatic carbocycles. The van der Waals surface area contributed by atoms with Gasteiger partial charge in [-0.2, -0.15) is 0 Å². The van der Waals surface area contributed by atoms with E-state index in [9.17, 15) is 9.90 Å². The zero-order valence-corrected chi connectivity index (χ0v) is 18.3. The molecule has 0 bridgehead atoms. The summed E-state index contributed by atoms with van der Waals surface area (Å²) in [6, 6.07) is 19.4. The van der Waals surface area contributed by atoms with E-state index in [0.717, 1.165) is 48.1 Å². The predicted octanol–water partition coefficient (Wildman–Crippen LogP) is 5.07. The van der Waals surface area contributed by atoms with E-state index in [1.807, 2.05) is 61.5 Å². The van der Waals surface area contributed by atoms with E-state index >= 15 is 0 Å². The monoisotopic (exact) mass is 434 g/mol. The van der Waals surface area contributed by atoms with E-state index in [0.29, 0.717) is 11.5 Å². The first kappa shape index (κ1) is 21.3. The molecular formula is C25H26N2O3S. The number of anilines is 1. The molecule has 3 N–H and O–H groups in total. The highest BCUT2D eigenvalue weighted by molar-refractivity contribution is 7.80. The van der Waals surface area contributed by atoms with Crippen molar-refractivity contribution in [2.24, 2.45) is 0 Å². The average molecular weight is 435 g/mol. The molecule has 0 radical (unpaired) electrons. The van der Waals surface area contributed by atoms with Crippen LogP contribution in [0.15, 0.2) is 65.1 Å². The van der Waals surface area contributed by atoms with Crippen molar-refractivity contribution in [3.8, 4) is 11.3 Å². The number of furan rings is 1. The topological polar surface area (TPSA) is 74.5 Å². The molecule has 1 amide bonds. The number of aryl methyl sites for hydroxylation is 1. The summed E-state index contributed by atoms with van der Waals surface area (Å²) in [5, 5.41) is 15.6. The van der Waals surface area contributed by atoms with Gasteiger partial charge in [-0.15, -0.1) is 0 Å². The second-order valence-electron chi connectivity index (χ2n) is 8.02. The summed E-state index contributed by atoms with van der Waals surface area (Å²) in [5.74, 6) is 1.12. The van der Waals surface area contributed by atoms with Crippen molar-refractivity contribution in [1.82, 2.24) is 5.32 Å². The van der Waals surface area contributed by atoms with E-state index in [1.54, 1.807) is 6.07 Å². The summed E-state index contributed by atoms with van der Waals surface area (Å²) in [4.78, 5) is 13.3. The van der Waals surface area contributed by atoms with Crippen molar-refractivity contribution >= 4 is 28.9 Å². The van der Waals surface area contributed by atoms with Gasteiger partial charge in [0.05, 0.1) is 5.41 Å². The average Bonchev–Trinajstić information content (AvgIpc) is 3.46. The fraction of sp³-hybridized carbons (Fsp3) is 0.280. The summed E-state index contributed by atoms with van der Waals surface area (Å²) < 4.78 is 5.63. The van der Waals surface area contributed by atoms with Crippen LogP contribution in [0.1, 0.15) is 42.6 Å². The second-order valence-corrected chi connectivity index (χ2v) is 8.43. The lowest BCUT2D eigenvalue weighted by atomic mass is 9.78. The van der Waals surface area contributed by atoms with Crippen LogP contribution in [0.3, 0.4) is 0 Å². The second kappa shape index (κ2) is 9.04. The standard InChI is InChI=1S/C25H26N2O3S/c1-17-9-10-18(22-12-11-20(16-28)30-22)15-21(17)26-24(31)27-23(29)25(13-5-6-14-25)19-7-3-2-4-8-19/h2-4,7-12,15,28H,5-6,13-14,16H2,1H3,(H2,26,27,29,31). The highest BCUT2D eigenvalue weighted by Crippen LogP contribution is 2.41. The zero-order chi connectivity index (χ0) is 21.8. The molecule has 6 heteroatoms. The van der Waals surface area contributed by atoms with Crippen LogP contribution in [0.25, 0.3) is 11.3 Å². The number of nitrogens with one attached hydrogen (secondary N) is 2. The third-order valence-electron chi connectivity index (χ3n) is 6.03. The van der Waals surface area contributed by atoms with Crippen molar-refractivity contribution in [3.05, 3.63) is 77.6 Å². The number of hydrogen-bond acceptors (Lipinski definition) is 4. The van der Waals surface area contributed by atoms with E-state index in [4.69, 9.17) is 16.6 Å². The third kappa shape index (κ3) is 4.40. The van der Waals surface area contributed by atoms with Crippen LogP contribution in [-0.4, -0.2) is 16.1 Å². The van der Waals surface area contributed by atoms with Gasteiger partial charge in [0.15, 0.2) is 5.11 Å². The number of rotatable bonds is 5. The van der Waals surface area contributed by atoms with Crippen molar-refractivity contribution in [1.29, 1.82) is 0 Å². The lowest BCUT2D eigenvalue weighted by Crippen LogP contribution is -2.46. The molecule has 4 rings (SSSR count). The zero-order valence-electron chi connectivity index (χ0n) is 17.5. The minimum Gasteiger partial charge on any atom is -0.459 e. The molecule has 1 aromatic heterocycles. The first-order valence-corrected chi connectivity index (χ1v) is 10.9. The number of benzene rings is 2. The van der Waals surface area contributed by atoms with Crippen LogP contribution < -0.4 is 10.6 Å². The van der Waals surface area contributed by atoms with Gasteiger partial charge in [0, 0.05) is 11.3 Å². The Morgan fingerprint density at radius 2 is 1.84 bits per heavy atom. The largest absolute Gasteiger partial charge is 0.459 e. The number of hydrogen-bond donors (Lipinski definition) is 3. The van der Waals surface area contributed by atoms with Crippen molar-refractivity contribution in [2.45, 2.75) is 44.6 Å². The summed E-state index contributed by atoms with van der Waals surface area (Å²) in [7, 11) is 0. The summed E-state index contributed by atoms with van der Waals surface area (Å²) in [6.07, 6.45) is 3.71. The summed E-state index contributed by atoms with van der Waals surface area (Å²) in [6.45, 7) is 1.83. The van der Waals surface area contributed by atoms with Gasteiger partial charge >= 0.3 is 0 Å². The highest BCUT2D eigenvalue weighted by atomic mass is 32.1. The Morgan fingerprint density at radius 3 is 2.52 bits per heavy atom. The van der Waals surface area contributed by atoms with E-state index in [2.05, 4.69) is 10.6 Å². The van der Waals surface area contributed by atoms with Gasteiger partial charge in [0.2, 0.25) is 5.91 Å². The van der Waals surface area contributed by atoms with Gasteiger partial charge < -0.3 is 20.2 Å². The Balaban J connectivity index is 1.50. The van der Waals surface area contributed by atoms with Crippen molar-refractivity contribution in [3.63, 3.8) is 0 Å². The number of carbonyl (C=O) groups excluding carboxylic acids is 1. The van der Waals surface area contributed by atoms with E-state index in [1.165, 1.54) is 0 Å². The fourth-order valence-electron chi connectivity index (χ4n) is 4.29. The molecule has 2 aromatic carbocycles. The van der Waals surface area contributed by atoms with Gasteiger partial charge in [-0.3, -0.25) is 4.79 Å². The first-order valence-electron chi connectivity index (χ1n) is 10.5. The maximum Gasteiger partial charge on any atom is 0.236 e. The Morgan fingerprint density at radius 1 is 1.10 bits per heavy atom. The minimum absolute atomic E-state index is 0.0545. The van der Waals surface area contributed by atoms with Gasteiger partial charge in [-0.05, 0) is 61.3 Å². The molecule has 160 valence electrons. The maximum atomic E-state index is 13.3. The van der Waals surface area contributed by atoms with E-state index in [-0.39, 0.29) is 17.6 Å². The quantitative estimate of drug-likeness (QED) is 0.489. The normalized spacial score (nSPS) is 14.9. The van der Waals surface area contributed by atoms with Crippen LogP contribution in [0.4, 0.5) is 5.69 Å². The van der Waals surface area contributed by atoms with Crippen LogP contribution in [-0.2, 0) is 16.8 Å². The van der Waals surface area contributed by atoms with Gasteiger partial charge in [0.25, 0.3) is 0 Å². The minimum atomic E-state index is -0.529. The van der Waals surface area contributed by atoms with E-state index < -0.39 is 5.41 Å². The van der Waals surface area contributed by atoms with Crippen molar-refractivity contribution in [2.75, 3.05) is 5.32 Å². The highest BCUT2D eigenvalue weighted by Gasteiger charge is 2.42. The SMILES string of the molecule is Cc1ccc(-c2ccc(CO)o2)cc1NC(=S)NC(=O)C1(c2ccccc2)CCCC1. The predicted molar refractivity (Wildman–Crippen MR) is 126 cm³/mol. The van der Waals surface area contributed by atoms with Crippen LogP contribution in [0.5, 0.6) is 0 Å². The molecule has 0 aliphatic heterocycles. The van der Waals surface area contributed by atoms with Crippen LogP contribution >= 0.6 is 12.2 Å². The Bertz CT molecular complexity index is 1090. The maximum absolute atomic E-state index is 13.3. The third-order valence-corrected chi connectivity index (χ3v) is 6.24. The molecule has 1 aliphatic rings.